The summed E-state index contributed by atoms with van der Waals surface area (Å²) in [5, 5.41) is 3.77. The Bertz CT molecular complexity index is 275. The van der Waals surface area contributed by atoms with Crippen LogP contribution < -0.4 is 11.1 Å². The molecule has 0 atom stereocenters. The number of anilines is 1. The van der Waals surface area contributed by atoms with Gasteiger partial charge in [0.1, 0.15) is 5.88 Å². The second-order valence-corrected chi connectivity index (χ2v) is 3.06. The summed E-state index contributed by atoms with van der Waals surface area (Å²) in [6, 6.07) is 7.57. The Kier molecular flexibility index (Phi) is 6.98. The molecule has 0 radical (unpaired) electrons. The molecule has 14 heavy (non-hydrogen) atoms. The standard InChI is InChI=1S/C7H8ClN.C2H4ClNO/c1-9-7-4-2-6(8)3-5-7;3-1-2(4)5/h2-5,9H,1H3;1H2,(H2,4,5). The van der Waals surface area contributed by atoms with Crippen molar-refractivity contribution in [2.75, 3.05) is 18.2 Å². The first-order chi connectivity index (χ1) is 6.60. The van der Waals surface area contributed by atoms with Crippen LogP contribution in [-0.4, -0.2) is 18.8 Å². The molecule has 0 saturated carbocycles. The van der Waals surface area contributed by atoms with E-state index in [1.807, 2.05) is 31.3 Å². The Balaban J connectivity index is 0.000000292. The van der Waals surface area contributed by atoms with Gasteiger partial charge in [-0.2, -0.15) is 0 Å². The molecule has 0 saturated heterocycles. The number of carbonyl (C=O) groups excluding carboxylic acids is 1. The van der Waals surface area contributed by atoms with Crippen molar-refractivity contribution in [2.24, 2.45) is 5.73 Å². The van der Waals surface area contributed by atoms with Crippen LogP contribution in [0.25, 0.3) is 0 Å². The molecule has 0 heterocycles. The van der Waals surface area contributed by atoms with Gasteiger partial charge in [0.2, 0.25) is 5.91 Å². The predicted octanol–water partition coefficient (Wildman–Crippen LogP) is 2.09. The number of carbonyl (C=O) groups is 1. The SMILES string of the molecule is CNc1ccc(Cl)cc1.NC(=O)CCl. The Morgan fingerprint density at radius 3 is 2.14 bits per heavy atom. The van der Waals surface area contributed by atoms with Crippen LogP contribution >= 0.6 is 23.2 Å². The largest absolute Gasteiger partial charge is 0.388 e. The van der Waals surface area contributed by atoms with Crippen molar-refractivity contribution in [2.45, 2.75) is 0 Å². The van der Waals surface area contributed by atoms with Crippen molar-refractivity contribution in [3.8, 4) is 0 Å². The zero-order valence-corrected chi connectivity index (χ0v) is 9.27. The summed E-state index contributed by atoms with van der Waals surface area (Å²) in [6.07, 6.45) is 0. The number of hydrogen-bond donors (Lipinski definition) is 2. The molecule has 1 aromatic carbocycles. The fourth-order valence-corrected chi connectivity index (χ4v) is 0.743. The van der Waals surface area contributed by atoms with E-state index in [2.05, 4.69) is 11.1 Å². The summed E-state index contributed by atoms with van der Waals surface area (Å²) in [5.74, 6) is -0.563. The van der Waals surface area contributed by atoms with E-state index < -0.39 is 5.91 Å². The monoisotopic (exact) mass is 234 g/mol. The van der Waals surface area contributed by atoms with Crippen LogP contribution in [0.1, 0.15) is 0 Å². The predicted molar refractivity (Wildman–Crippen MR) is 60.9 cm³/mol. The maximum Gasteiger partial charge on any atom is 0.232 e. The van der Waals surface area contributed by atoms with Gasteiger partial charge in [0.05, 0.1) is 0 Å². The first-order valence-electron chi connectivity index (χ1n) is 3.87. The number of nitrogens with two attached hydrogens (primary N) is 1. The van der Waals surface area contributed by atoms with Crippen molar-refractivity contribution >= 4 is 34.8 Å². The number of benzene rings is 1. The van der Waals surface area contributed by atoms with Gasteiger partial charge in [0.25, 0.3) is 0 Å². The van der Waals surface area contributed by atoms with Crippen LogP contribution in [0.4, 0.5) is 5.69 Å². The van der Waals surface area contributed by atoms with Crippen molar-refractivity contribution in [3.05, 3.63) is 29.3 Å². The maximum absolute atomic E-state index is 9.46. The average molecular weight is 235 g/mol. The number of halogens is 2. The number of nitrogens with one attached hydrogen (secondary N) is 1. The van der Waals surface area contributed by atoms with Gasteiger partial charge in [0.15, 0.2) is 0 Å². The molecular weight excluding hydrogens is 223 g/mol. The minimum absolute atomic E-state index is 0.0833. The molecule has 78 valence electrons. The highest BCUT2D eigenvalue weighted by Crippen LogP contribution is 2.11. The highest BCUT2D eigenvalue weighted by Gasteiger charge is 1.85. The van der Waals surface area contributed by atoms with Crippen molar-refractivity contribution in [1.29, 1.82) is 0 Å². The zero-order chi connectivity index (χ0) is 11.0. The number of hydrogen-bond acceptors (Lipinski definition) is 2. The molecule has 3 nitrogen and oxygen atoms in total. The first-order valence-corrected chi connectivity index (χ1v) is 4.79. The van der Waals surface area contributed by atoms with Crippen molar-refractivity contribution in [1.82, 2.24) is 0 Å². The summed E-state index contributed by atoms with van der Waals surface area (Å²) in [4.78, 5) is 9.46. The molecule has 0 aromatic heterocycles. The lowest BCUT2D eigenvalue weighted by Gasteiger charge is -1.96. The van der Waals surface area contributed by atoms with Crippen LogP contribution in [-0.2, 0) is 4.79 Å². The minimum Gasteiger partial charge on any atom is -0.388 e. The molecule has 0 fully saturated rings. The van der Waals surface area contributed by atoms with Crippen LogP contribution in [0.2, 0.25) is 5.02 Å². The van der Waals surface area contributed by atoms with Gasteiger partial charge in [-0.15, -0.1) is 11.6 Å². The Labute approximate surface area is 93.2 Å². The fourth-order valence-electron chi connectivity index (χ4n) is 0.617. The summed E-state index contributed by atoms with van der Waals surface area (Å²) in [5.41, 5.74) is 5.60. The van der Waals surface area contributed by atoms with Crippen molar-refractivity contribution < 1.29 is 4.79 Å². The molecule has 0 aliphatic heterocycles. The molecule has 0 bridgehead atoms. The second-order valence-electron chi connectivity index (χ2n) is 2.36. The number of primary amides is 1. The number of rotatable bonds is 2. The van der Waals surface area contributed by atoms with Gasteiger partial charge in [-0.05, 0) is 24.3 Å². The third-order valence-corrected chi connectivity index (χ3v) is 1.78. The summed E-state index contributed by atoms with van der Waals surface area (Å²) in [7, 11) is 1.88. The van der Waals surface area contributed by atoms with E-state index in [-0.39, 0.29) is 5.88 Å². The lowest BCUT2D eigenvalue weighted by molar-refractivity contribution is -0.115. The number of alkyl halides is 1. The zero-order valence-electron chi connectivity index (χ0n) is 7.76. The van der Waals surface area contributed by atoms with Gasteiger partial charge in [-0.1, -0.05) is 11.6 Å². The van der Waals surface area contributed by atoms with Crippen LogP contribution in [0, 0.1) is 0 Å². The van der Waals surface area contributed by atoms with E-state index in [9.17, 15) is 4.79 Å². The van der Waals surface area contributed by atoms with E-state index in [1.54, 1.807) is 0 Å². The lowest BCUT2D eigenvalue weighted by atomic mass is 10.3. The van der Waals surface area contributed by atoms with Gasteiger partial charge in [-0.3, -0.25) is 4.79 Å². The number of amides is 1. The average Bonchev–Trinajstić information content (AvgIpc) is 2.20. The third kappa shape index (κ3) is 6.57. The van der Waals surface area contributed by atoms with E-state index in [1.165, 1.54) is 0 Å². The molecule has 3 N–H and O–H groups in total. The fraction of sp³-hybridized carbons (Fsp3) is 0.222. The van der Waals surface area contributed by atoms with Crippen LogP contribution in [0.15, 0.2) is 24.3 Å². The van der Waals surface area contributed by atoms with Gasteiger partial charge in [0, 0.05) is 17.8 Å². The van der Waals surface area contributed by atoms with Crippen LogP contribution in [0.3, 0.4) is 0 Å². The minimum atomic E-state index is -0.480. The summed E-state index contributed by atoms with van der Waals surface area (Å²) >= 11 is 10.5. The quantitative estimate of drug-likeness (QED) is 0.771. The molecule has 0 aliphatic carbocycles. The van der Waals surface area contributed by atoms with Gasteiger partial charge in [-0.25, -0.2) is 0 Å². The Morgan fingerprint density at radius 2 is 1.86 bits per heavy atom. The van der Waals surface area contributed by atoms with Gasteiger partial charge >= 0.3 is 0 Å². The van der Waals surface area contributed by atoms with Crippen molar-refractivity contribution in [3.63, 3.8) is 0 Å². The van der Waals surface area contributed by atoms with E-state index >= 15 is 0 Å². The topological polar surface area (TPSA) is 55.1 Å². The molecule has 1 amide bonds. The lowest BCUT2D eigenvalue weighted by Crippen LogP contribution is -2.10. The van der Waals surface area contributed by atoms with E-state index in [0.717, 1.165) is 10.7 Å². The van der Waals surface area contributed by atoms with Crippen LogP contribution in [0.5, 0.6) is 0 Å². The summed E-state index contributed by atoms with van der Waals surface area (Å²) in [6.45, 7) is 0. The Morgan fingerprint density at radius 1 is 1.43 bits per heavy atom. The molecule has 0 aliphatic rings. The molecule has 0 spiro atoms. The molecule has 1 rings (SSSR count). The third-order valence-electron chi connectivity index (χ3n) is 1.26. The Hall–Kier alpha value is -0.930. The van der Waals surface area contributed by atoms with E-state index in [0.29, 0.717) is 0 Å². The normalized spacial score (nSPS) is 8.50. The molecule has 1 aromatic rings. The highest BCUT2D eigenvalue weighted by molar-refractivity contribution is 6.30. The molecular formula is C9H12Cl2N2O. The smallest absolute Gasteiger partial charge is 0.232 e. The van der Waals surface area contributed by atoms with Gasteiger partial charge < -0.3 is 11.1 Å². The summed E-state index contributed by atoms with van der Waals surface area (Å²) < 4.78 is 0. The molecule has 5 heteroatoms. The maximum atomic E-state index is 9.46. The second kappa shape index (κ2) is 7.47. The molecule has 0 unspecified atom stereocenters. The van der Waals surface area contributed by atoms with E-state index in [4.69, 9.17) is 23.2 Å². The highest BCUT2D eigenvalue weighted by atomic mass is 35.5. The first kappa shape index (κ1) is 13.1.